The average Bonchev–Trinajstić information content (AvgIpc) is 2.79. The predicted octanol–water partition coefficient (Wildman–Crippen LogP) is 3.30. The summed E-state index contributed by atoms with van der Waals surface area (Å²) in [7, 11) is 2.82. The highest BCUT2D eigenvalue weighted by Gasteiger charge is 2.26. The molecule has 7 nitrogen and oxygen atoms in total. The Bertz CT molecular complexity index is 1010. The van der Waals surface area contributed by atoms with Crippen LogP contribution in [0.4, 0.5) is 4.39 Å². The number of ketones is 1. The van der Waals surface area contributed by atoms with Gasteiger partial charge in [0.25, 0.3) is 0 Å². The molecule has 9 heteroatoms. The number of ether oxygens (including phenoxy) is 3. The van der Waals surface area contributed by atoms with Crippen LogP contribution in [-0.2, 0) is 16.0 Å². The molecule has 0 heterocycles. The molecular formula is C23H25ClFNO6. The number of carbonyl (C=O) groups excluding carboxylic acids is 2. The molecule has 0 amide bonds. The Kier molecular flexibility index (Phi) is 9.49. The van der Waals surface area contributed by atoms with Crippen molar-refractivity contribution in [1.29, 1.82) is 0 Å². The molecule has 2 aromatic carbocycles. The second kappa shape index (κ2) is 12.1. The number of esters is 1. The smallest absolute Gasteiger partial charge is 0.343 e. The van der Waals surface area contributed by atoms with E-state index in [0.29, 0.717) is 16.9 Å². The van der Waals surface area contributed by atoms with Gasteiger partial charge in [-0.25, -0.2) is 9.18 Å². The molecule has 0 bridgehead atoms. The maximum absolute atomic E-state index is 14.5. The van der Waals surface area contributed by atoms with Gasteiger partial charge < -0.3 is 24.6 Å². The van der Waals surface area contributed by atoms with Gasteiger partial charge in [0.1, 0.15) is 22.9 Å². The number of aliphatic hydroxyl groups excluding tert-OH is 1. The molecule has 2 rings (SSSR count). The number of nitrogens with one attached hydrogen (secondary N) is 1. The third kappa shape index (κ3) is 5.99. The van der Waals surface area contributed by atoms with Crippen molar-refractivity contribution >= 4 is 23.4 Å². The lowest BCUT2D eigenvalue weighted by Crippen LogP contribution is -2.21. The molecule has 32 heavy (non-hydrogen) atoms. The minimum atomic E-state index is -0.830. The Morgan fingerprint density at radius 1 is 1.16 bits per heavy atom. The van der Waals surface area contributed by atoms with Crippen LogP contribution in [0.2, 0.25) is 5.02 Å². The average molecular weight is 466 g/mol. The monoisotopic (exact) mass is 465 g/mol. The van der Waals surface area contributed by atoms with Crippen molar-refractivity contribution in [1.82, 2.24) is 5.32 Å². The number of rotatable bonds is 11. The van der Waals surface area contributed by atoms with Crippen molar-refractivity contribution in [3.8, 4) is 11.5 Å². The number of halogens is 2. The highest BCUT2D eigenvalue weighted by atomic mass is 35.5. The second-order valence-corrected chi connectivity index (χ2v) is 6.95. The van der Waals surface area contributed by atoms with Crippen LogP contribution >= 0.6 is 11.6 Å². The zero-order valence-electron chi connectivity index (χ0n) is 18.0. The van der Waals surface area contributed by atoms with E-state index in [9.17, 15) is 14.0 Å². The largest absolute Gasteiger partial charge is 0.496 e. The highest BCUT2D eigenvalue weighted by Crippen LogP contribution is 2.33. The van der Waals surface area contributed by atoms with Gasteiger partial charge in [-0.15, -0.1) is 0 Å². The van der Waals surface area contributed by atoms with Gasteiger partial charge in [-0.3, -0.25) is 4.79 Å². The van der Waals surface area contributed by atoms with E-state index in [1.54, 1.807) is 19.1 Å². The molecule has 0 aliphatic rings. The lowest BCUT2D eigenvalue weighted by atomic mass is 9.96. The fraction of sp³-hybridized carbons (Fsp3) is 0.304. The van der Waals surface area contributed by atoms with Crippen molar-refractivity contribution in [2.75, 3.05) is 34.0 Å². The lowest BCUT2D eigenvalue weighted by Gasteiger charge is -2.16. The summed E-state index contributed by atoms with van der Waals surface area (Å²) < 4.78 is 30.2. The van der Waals surface area contributed by atoms with Crippen molar-refractivity contribution in [2.24, 2.45) is 0 Å². The van der Waals surface area contributed by atoms with Crippen LogP contribution in [0.15, 0.2) is 42.1 Å². The Morgan fingerprint density at radius 2 is 1.88 bits per heavy atom. The van der Waals surface area contributed by atoms with Crippen molar-refractivity contribution < 1.29 is 33.3 Å². The zero-order chi connectivity index (χ0) is 23.7. The van der Waals surface area contributed by atoms with Crippen LogP contribution in [0.25, 0.3) is 0 Å². The zero-order valence-corrected chi connectivity index (χ0v) is 18.8. The first kappa shape index (κ1) is 25.2. The topological polar surface area (TPSA) is 94.1 Å². The number of hydrogen-bond acceptors (Lipinski definition) is 7. The molecule has 0 unspecified atom stereocenters. The summed E-state index contributed by atoms with van der Waals surface area (Å²) in [5, 5.41) is 11.6. The molecule has 172 valence electrons. The number of aliphatic hydroxyl groups is 1. The first-order valence-electron chi connectivity index (χ1n) is 9.81. The van der Waals surface area contributed by atoms with Gasteiger partial charge in [0.2, 0.25) is 5.78 Å². The molecule has 0 spiro atoms. The van der Waals surface area contributed by atoms with E-state index < -0.39 is 17.6 Å². The summed E-state index contributed by atoms with van der Waals surface area (Å²) in [5.74, 6) is -1.53. The van der Waals surface area contributed by atoms with Gasteiger partial charge in [-0.05, 0) is 30.2 Å². The van der Waals surface area contributed by atoms with E-state index >= 15 is 0 Å². The third-order valence-electron chi connectivity index (χ3n) is 4.50. The molecule has 0 fully saturated rings. The van der Waals surface area contributed by atoms with Crippen molar-refractivity contribution in [3.63, 3.8) is 0 Å². The Labute approximate surface area is 190 Å². The van der Waals surface area contributed by atoms with Crippen LogP contribution in [0, 0.1) is 5.82 Å². The van der Waals surface area contributed by atoms with Crippen LogP contribution < -0.4 is 14.8 Å². The number of hydrogen-bond donors (Lipinski definition) is 2. The summed E-state index contributed by atoms with van der Waals surface area (Å²) in [6.45, 7) is 1.63. The summed E-state index contributed by atoms with van der Waals surface area (Å²) in [6.07, 6.45) is 1.28. The van der Waals surface area contributed by atoms with E-state index in [1.165, 1.54) is 38.6 Å². The van der Waals surface area contributed by atoms with Gasteiger partial charge in [-0.1, -0.05) is 23.7 Å². The van der Waals surface area contributed by atoms with Crippen LogP contribution in [0.1, 0.15) is 28.4 Å². The molecule has 2 N–H and O–H groups in total. The number of methoxy groups -OCH3 is 2. The SMILES string of the molecule is CCOC(=O)/C(=C\NCCO)C(=O)c1cc(Cc2cccc(Cl)c2F)c(OC)cc1OC. The van der Waals surface area contributed by atoms with Crippen LogP contribution in [0.3, 0.4) is 0 Å². The van der Waals surface area contributed by atoms with E-state index in [2.05, 4.69) is 5.32 Å². The number of benzene rings is 2. The number of Topliss-reactive ketones (excluding diaryl/α,β-unsaturated/α-hetero) is 1. The van der Waals surface area contributed by atoms with Gasteiger partial charge in [0, 0.05) is 25.2 Å². The maximum atomic E-state index is 14.5. The van der Waals surface area contributed by atoms with E-state index in [-0.39, 0.29) is 48.1 Å². The standard InChI is InChI=1S/C23H25ClFNO6/c1-4-32-23(29)17(13-26-8-9-27)22(28)16-11-15(19(30-2)12-20(16)31-3)10-14-6-5-7-18(24)21(14)25/h5-7,11-13,26-27H,4,8-10H2,1-3H3/b17-13-. The van der Waals surface area contributed by atoms with E-state index in [0.717, 1.165) is 0 Å². The van der Waals surface area contributed by atoms with Gasteiger partial charge in [0.05, 0.1) is 38.0 Å². The predicted molar refractivity (Wildman–Crippen MR) is 118 cm³/mol. The molecular weight excluding hydrogens is 441 g/mol. The normalized spacial score (nSPS) is 11.1. The van der Waals surface area contributed by atoms with Crippen LogP contribution in [0.5, 0.6) is 11.5 Å². The van der Waals surface area contributed by atoms with Gasteiger partial charge in [-0.2, -0.15) is 0 Å². The Balaban J connectivity index is 2.56. The first-order valence-corrected chi connectivity index (χ1v) is 10.2. The Morgan fingerprint density at radius 3 is 2.50 bits per heavy atom. The number of carbonyl (C=O) groups is 2. The van der Waals surface area contributed by atoms with Gasteiger partial charge >= 0.3 is 5.97 Å². The molecule has 0 saturated heterocycles. The third-order valence-corrected chi connectivity index (χ3v) is 4.79. The minimum absolute atomic E-state index is 0.0197. The summed E-state index contributed by atoms with van der Waals surface area (Å²) in [4.78, 5) is 25.7. The lowest BCUT2D eigenvalue weighted by molar-refractivity contribution is -0.138. The molecule has 2 aromatic rings. The second-order valence-electron chi connectivity index (χ2n) is 6.54. The molecule has 0 aliphatic carbocycles. The van der Waals surface area contributed by atoms with Crippen LogP contribution in [-0.4, -0.2) is 50.8 Å². The van der Waals surface area contributed by atoms with Crippen molar-refractivity contribution in [2.45, 2.75) is 13.3 Å². The fourth-order valence-corrected chi connectivity index (χ4v) is 3.17. The van der Waals surface area contributed by atoms with Gasteiger partial charge in [0.15, 0.2) is 0 Å². The summed E-state index contributed by atoms with van der Waals surface area (Å²) >= 11 is 5.89. The Hall–Kier alpha value is -3.10. The molecule has 0 atom stereocenters. The first-order chi connectivity index (χ1) is 15.4. The van der Waals surface area contributed by atoms with E-state index in [1.807, 2.05) is 0 Å². The highest BCUT2D eigenvalue weighted by molar-refractivity contribution is 6.30. The molecule has 0 saturated carbocycles. The fourth-order valence-electron chi connectivity index (χ4n) is 2.98. The summed E-state index contributed by atoms with van der Waals surface area (Å²) in [5.41, 5.74) is 0.592. The molecule has 0 aromatic heterocycles. The minimum Gasteiger partial charge on any atom is -0.496 e. The maximum Gasteiger partial charge on any atom is 0.343 e. The molecule has 0 aliphatic heterocycles. The van der Waals surface area contributed by atoms with E-state index in [4.69, 9.17) is 30.9 Å². The summed E-state index contributed by atoms with van der Waals surface area (Å²) in [6, 6.07) is 7.62. The van der Waals surface area contributed by atoms with Crippen molar-refractivity contribution in [3.05, 3.63) is 69.6 Å². The quantitative estimate of drug-likeness (QED) is 0.131. The molecule has 0 radical (unpaired) electrons.